The fraction of sp³-hybridized carbons (Fsp3) is 0.200. The Labute approximate surface area is 165 Å². The number of aliphatic imine (C=N–C) groups is 1. The summed E-state index contributed by atoms with van der Waals surface area (Å²) in [5.41, 5.74) is 1.88. The maximum Gasteiger partial charge on any atom is 0.188 e. The van der Waals surface area contributed by atoms with Crippen molar-refractivity contribution < 1.29 is 4.74 Å². The number of hydrogen-bond donors (Lipinski definition) is 1. The van der Waals surface area contributed by atoms with Gasteiger partial charge in [-0.1, -0.05) is 34.1 Å². The number of nitrogens with one attached hydrogen (secondary N) is 1. The summed E-state index contributed by atoms with van der Waals surface area (Å²) in [6, 6.07) is 15.8. The fourth-order valence-corrected chi connectivity index (χ4v) is 3.91. The zero-order valence-corrected chi connectivity index (χ0v) is 16.5. The van der Waals surface area contributed by atoms with Crippen molar-refractivity contribution in [1.82, 2.24) is 4.98 Å². The summed E-state index contributed by atoms with van der Waals surface area (Å²) in [6.07, 6.45) is 3.36. The molecule has 0 unspecified atom stereocenters. The normalized spacial score (nSPS) is 14.0. The number of aromatic nitrogens is 1. The van der Waals surface area contributed by atoms with Crippen LogP contribution in [0.25, 0.3) is 11.3 Å². The minimum atomic E-state index is 0.789. The third-order valence-corrected chi connectivity index (χ3v) is 5.32. The number of halogens is 1. The molecule has 1 aliphatic rings. The molecule has 6 heteroatoms. The number of ether oxygens (including phenoxy) is 1. The van der Waals surface area contributed by atoms with Crippen LogP contribution >= 0.6 is 27.3 Å². The monoisotopic (exact) mass is 427 g/mol. The lowest BCUT2D eigenvalue weighted by Crippen LogP contribution is -2.15. The van der Waals surface area contributed by atoms with Gasteiger partial charge in [0.25, 0.3) is 0 Å². The zero-order valence-electron chi connectivity index (χ0n) is 14.1. The van der Waals surface area contributed by atoms with E-state index in [-0.39, 0.29) is 0 Å². The Morgan fingerprint density at radius 3 is 2.85 bits per heavy atom. The first-order valence-corrected chi connectivity index (χ1v) is 10.2. The molecule has 0 saturated carbocycles. The van der Waals surface area contributed by atoms with E-state index in [0.717, 1.165) is 51.2 Å². The second-order valence-corrected chi connectivity index (χ2v) is 7.78. The van der Waals surface area contributed by atoms with E-state index in [1.165, 1.54) is 12.8 Å². The van der Waals surface area contributed by atoms with Crippen LogP contribution in [0.5, 0.6) is 11.5 Å². The first-order chi connectivity index (χ1) is 12.8. The molecular weight excluding hydrogens is 410 g/mol. The summed E-state index contributed by atoms with van der Waals surface area (Å²) in [7, 11) is 0. The van der Waals surface area contributed by atoms with E-state index in [1.54, 1.807) is 11.3 Å². The Morgan fingerprint density at radius 2 is 2.00 bits per heavy atom. The van der Waals surface area contributed by atoms with E-state index in [2.05, 4.69) is 31.6 Å². The van der Waals surface area contributed by atoms with Crippen molar-refractivity contribution in [3.63, 3.8) is 0 Å². The average Bonchev–Trinajstić information content (AvgIpc) is 3.11. The maximum absolute atomic E-state index is 6.09. The molecule has 132 valence electrons. The van der Waals surface area contributed by atoms with Crippen molar-refractivity contribution in [2.45, 2.75) is 19.3 Å². The molecule has 0 atom stereocenters. The van der Waals surface area contributed by atoms with Crippen molar-refractivity contribution in [1.29, 1.82) is 0 Å². The van der Waals surface area contributed by atoms with Gasteiger partial charge in [-0.05, 0) is 43.2 Å². The van der Waals surface area contributed by atoms with Crippen LogP contribution < -0.4 is 10.1 Å². The van der Waals surface area contributed by atoms with Crippen molar-refractivity contribution in [3.05, 3.63) is 58.4 Å². The van der Waals surface area contributed by atoms with Gasteiger partial charge >= 0.3 is 0 Å². The van der Waals surface area contributed by atoms with Gasteiger partial charge in [-0.3, -0.25) is 4.99 Å². The van der Waals surface area contributed by atoms with Crippen LogP contribution in [-0.2, 0) is 0 Å². The third kappa shape index (κ3) is 4.14. The molecule has 0 spiro atoms. The van der Waals surface area contributed by atoms with E-state index in [1.807, 2.05) is 48.5 Å². The average molecular weight is 428 g/mol. The van der Waals surface area contributed by atoms with Crippen molar-refractivity contribution in [3.8, 4) is 22.8 Å². The number of para-hydroxylation sites is 1. The quantitative estimate of drug-likeness (QED) is 0.526. The molecule has 1 N–H and O–H groups in total. The minimum absolute atomic E-state index is 0.789. The van der Waals surface area contributed by atoms with Crippen molar-refractivity contribution in [2.24, 2.45) is 4.99 Å². The summed E-state index contributed by atoms with van der Waals surface area (Å²) in [5.74, 6) is 2.62. The first-order valence-electron chi connectivity index (χ1n) is 8.57. The van der Waals surface area contributed by atoms with Crippen LogP contribution in [0.2, 0.25) is 0 Å². The maximum atomic E-state index is 6.09. The second kappa shape index (κ2) is 8.01. The van der Waals surface area contributed by atoms with Gasteiger partial charge in [-0.25, -0.2) is 4.98 Å². The molecule has 2 heterocycles. The van der Waals surface area contributed by atoms with Gasteiger partial charge in [0.2, 0.25) is 0 Å². The van der Waals surface area contributed by atoms with Crippen LogP contribution in [0, 0.1) is 0 Å². The Kier molecular flexibility index (Phi) is 5.32. The standard InChI is InChI=1S/C20H18BrN3OS/c21-14-6-5-7-15(12-14)25-18-9-2-1-8-16(18)17-13-26-20(23-17)24-19-10-3-4-11-22-19/h1-2,5-9,12-13H,3-4,10-11H2,(H,22,23,24). The number of amidine groups is 1. The van der Waals surface area contributed by atoms with Crippen LogP contribution in [0.4, 0.5) is 5.13 Å². The summed E-state index contributed by atoms with van der Waals surface area (Å²) in [6.45, 7) is 0.907. The molecule has 3 aromatic rings. The SMILES string of the molecule is Brc1cccc(Oc2ccccc2-c2csc(NC3=NCCCC3)n2)c1. The van der Waals surface area contributed by atoms with Crippen LogP contribution in [-0.4, -0.2) is 17.4 Å². The van der Waals surface area contributed by atoms with E-state index in [4.69, 9.17) is 9.72 Å². The smallest absolute Gasteiger partial charge is 0.188 e. The summed E-state index contributed by atoms with van der Waals surface area (Å²) in [5, 5.41) is 6.28. The van der Waals surface area contributed by atoms with E-state index < -0.39 is 0 Å². The lowest BCUT2D eigenvalue weighted by molar-refractivity contribution is 0.484. The second-order valence-electron chi connectivity index (χ2n) is 6.00. The van der Waals surface area contributed by atoms with Crippen LogP contribution in [0.1, 0.15) is 19.3 Å². The highest BCUT2D eigenvalue weighted by Gasteiger charge is 2.13. The lowest BCUT2D eigenvalue weighted by atomic mass is 10.1. The largest absolute Gasteiger partial charge is 0.457 e. The number of nitrogens with zero attached hydrogens (tertiary/aromatic N) is 2. The van der Waals surface area contributed by atoms with Crippen LogP contribution in [0.15, 0.2) is 63.4 Å². The molecule has 26 heavy (non-hydrogen) atoms. The molecule has 4 nitrogen and oxygen atoms in total. The summed E-state index contributed by atoms with van der Waals surface area (Å²) in [4.78, 5) is 9.26. The minimum Gasteiger partial charge on any atom is -0.457 e. The van der Waals surface area contributed by atoms with Crippen molar-refractivity contribution in [2.75, 3.05) is 11.9 Å². The molecule has 1 aliphatic heterocycles. The summed E-state index contributed by atoms with van der Waals surface area (Å²) < 4.78 is 7.08. The zero-order chi connectivity index (χ0) is 17.8. The highest BCUT2D eigenvalue weighted by atomic mass is 79.9. The van der Waals surface area contributed by atoms with Crippen LogP contribution in [0.3, 0.4) is 0 Å². The number of hydrogen-bond acceptors (Lipinski definition) is 5. The molecule has 0 aliphatic carbocycles. The molecule has 0 radical (unpaired) electrons. The molecule has 4 rings (SSSR count). The molecule has 1 aromatic heterocycles. The Hall–Kier alpha value is -2.18. The van der Waals surface area contributed by atoms with E-state index >= 15 is 0 Å². The number of benzene rings is 2. The van der Waals surface area contributed by atoms with Gasteiger partial charge in [0.15, 0.2) is 5.13 Å². The highest BCUT2D eigenvalue weighted by Crippen LogP contribution is 2.35. The third-order valence-electron chi connectivity index (χ3n) is 4.07. The number of thiazole rings is 1. The van der Waals surface area contributed by atoms with E-state index in [0.29, 0.717) is 0 Å². The van der Waals surface area contributed by atoms with Gasteiger partial charge in [0, 0.05) is 28.4 Å². The Bertz CT molecular complexity index is 938. The fourth-order valence-electron chi connectivity index (χ4n) is 2.80. The number of rotatable bonds is 4. The molecule has 0 fully saturated rings. The Morgan fingerprint density at radius 1 is 1.08 bits per heavy atom. The number of anilines is 1. The van der Waals surface area contributed by atoms with Gasteiger partial charge in [0.1, 0.15) is 17.3 Å². The predicted molar refractivity (Wildman–Crippen MR) is 112 cm³/mol. The molecular formula is C20H18BrN3OS. The van der Waals surface area contributed by atoms with E-state index in [9.17, 15) is 0 Å². The van der Waals surface area contributed by atoms with Gasteiger partial charge in [-0.15, -0.1) is 11.3 Å². The van der Waals surface area contributed by atoms with Gasteiger partial charge < -0.3 is 10.1 Å². The molecule has 0 saturated heterocycles. The lowest BCUT2D eigenvalue weighted by Gasteiger charge is -2.12. The van der Waals surface area contributed by atoms with Crippen molar-refractivity contribution >= 4 is 38.2 Å². The highest BCUT2D eigenvalue weighted by molar-refractivity contribution is 9.10. The molecule has 0 amide bonds. The first kappa shape index (κ1) is 17.2. The molecule has 0 bridgehead atoms. The topological polar surface area (TPSA) is 46.5 Å². The Balaban J connectivity index is 1.57. The predicted octanol–water partition coefficient (Wildman–Crippen LogP) is 6.36. The molecule has 2 aromatic carbocycles. The van der Waals surface area contributed by atoms with Gasteiger partial charge in [0.05, 0.1) is 5.69 Å². The van der Waals surface area contributed by atoms with Gasteiger partial charge in [-0.2, -0.15) is 0 Å². The summed E-state index contributed by atoms with van der Waals surface area (Å²) >= 11 is 5.07.